The van der Waals surface area contributed by atoms with Gasteiger partial charge in [0.2, 0.25) is 0 Å². The van der Waals surface area contributed by atoms with Gasteiger partial charge in [0.05, 0.1) is 12.2 Å². The van der Waals surface area contributed by atoms with Crippen LogP contribution in [0.5, 0.6) is 0 Å². The normalized spacial score (nSPS) is 19.3. The third-order valence-corrected chi connectivity index (χ3v) is 2.56. The van der Waals surface area contributed by atoms with Gasteiger partial charge in [-0.1, -0.05) is 0 Å². The van der Waals surface area contributed by atoms with E-state index in [1.54, 1.807) is 0 Å². The highest BCUT2D eigenvalue weighted by molar-refractivity contribution is 5.75. The zero-order valence-corrected chi connectivity index (χ0v) is 10.9. The molecule has 0 heterocycles. The topological polar surface area (TPSA) is 67.8 Å². The second kappa shape index (κ2) is 6.33. The molecular formula is C12H23NO4. The van der Waals surface area contributed by atoms with Crippen LogP contribution in [-0.4, -0.2) is 35.4 Å². The molecule has 1 aliphatic rings. The van der Waals surface area contributed by atoms with E-state index < -0.39 is 17.6 Å². The Morgan fingerprint density at radius 1 is 1.41 bits per heavy atom. The predicted molar refractivity (Wildman–Crippen MR) is 63.2 cm³/mol. The van der Waals surface area contributed by atoms with E-state index in [-0.39, 0.29) is 12.7 Å². The quantitative estimate of drug-likeness (QED) is 0.562. The van der Waals surface area contributed by atoms with Gasteiger partial charge < -0.3 is 9.84 Å². The molecule has 0 aliphatic heterocycles. The molecule has 17 heavy (non-hydrogen) atoms. The van der Waals surface area contributed by atoms with Gasteiger partial charge in [0.15, 0.2) is 6.04 Å². The predicted octanol–water partition coefficient (Wildman–Crippen LogP) is 1.15. The molecule has 0 aromatic heterocycles. The standard InChI is InChI=1S/C12H23NO4/c1-12(2,3)17-13-10(8-14)11(15)16-9-6-4-5-7-9/h9-10,13-14H,4-8H2,1-3H3/t10-/m0/s1. The van der Waals surface area contributed by atoms with Gasteiger partial charge >= 0.3 is 5.97 Å². The Bertz CT molecular complexity index is 243. The number of carbonyl (C=O) groups is 1. The lowest BCUT2D eigenvalue weighted by Gasteiger charge is -2.24. The van der Waals surface area contributed by atoms with Crippen molar-refractivity contribution in [1.29, 1.82) is 0 Å². The number of ether oxygens (including phenoxy) is 1. The Morgan fingerprint density at radius 3 is 2.47 bits per heavy atom. The smallest absolute Gasteiger partial charge is 0.328 e. The molecule has 5 heteroatoms. The van der Waals surface area contributed by atoms with Crippen LogP contribution in [0.3, 0.4) is 0 Å². The summed E-state index contributed by atoms with van der Waals surface area (Å²) in [5.74, 6) is -0.441. The van der Waals surface area contributed by atoms with Crippen LogP contribution in [0.1, 0.15) is 46.5 Å². The molecule has 0 saturated heterocycles. The van der Waals surface area contributed by atoms with Crippen LogP contribution >= 0.6 is 0 Å². The van der Waals surface area contributed by atoms with Gasteiger partial charge in [0.25, 0.3) is 0 Å². The highest BCUT2D eigenvalue weighted by Crippen LogP contribution is 2.21. The minimum absolute atomic E-state index is 0.00740. The fourth-order valence-electron chi connectivity index (χ4n) is 1.66. The molecule has 2 N–H and O–H groups in total. The van der Waals surface area contributed by atoms with E-state index in [2.05, 4.69) is 5.48 Å². The highest BCUT2D eigenvalue weighted by Gasteiger charge is 2.26. The molecule has 1 saturated carbocycles. The summed E-state index contributed by atoms with van der Waals surface area (Å²) in [6, 6.07) is -0.810. The average Bonchev–Trinajstić information content (AvgIpc) is 2.69. The molecule has 1 aliphatic carbocycles. The van der Waals surface area contributed by atoms with Crippen molar-refractivity contribution in [3.8, 4) is 0 Å². The van der Waals surface area contributed by atoms with Gasteiger partial charge in [-0.05, 0) is 46.5 Å². The maximum Gasteiger partial charge on any atom is 0.328 e. The number of carbonyl (C=O) groups excluding carboxylic acids is 1. The number of rotatable bonds is 5. The van der Waals surface area contributed by atoms with Crippen LogP contribution in [0.4, 0.5) is 0 Å². The molecule has 0 bridgehead atoms. The van der Waals surface area contributed by atoms with Gasteiger partial charge in [-0.2, -0.15) is 5.48 Å². The summed E-state index contributed by atoms with van der Waals surface area (Å²) in [5, 5.41) is 9.12. The molecule has 0 amide bonds. The molecule has 0 aromatic rings. The Labute approximate surface area is 102 Å². The Hall–Kier alpha value is -0.650. The molecule has 1 rings (SSSR count). The van der Waals surface area contributed by atoms with E-state index in [1.165, 1.54) is 0 Å². The van der Waals surface area contributed by atoms with Crippen LogP contribution in [0.15, 0.2) is 0 Å². The fourth-order valence-corrected chi connectivity index (χ4v) is 1.66. The lowest BCUT2D eigenvalue weighted by molar-refractivity contribution is -0.163. The van der Waals surface area contributed by atoms with Gasteiger partial charge in [-0.3, -0.25) is 9.63 Å². The first-order chi connectivity index (χ1) is 7.92. The number of esters is 1. The Balaban J connectivity index is 2.35. The van der Waals surface area contributed by atoms with E-state index in [1.807, 2.05) is 20.8 Å². The van der Waals surface area contributed by atoms with Gasteiger partial charge in [0.1, 0.15) is 6.10 Å². The molecule has 1 atom stereocenters. The minimum atomic E-state index is -0.810. The van der Waals surface area contributed by atoms with E-state index in [4.69, 9.17) is 14.7 Å². The molecule has 0 radical (unpaired) electrons. The van der Waals surface area contributed by atoms with E-state index in [0.29, 0.717) is 0 Å². The maximum absolute atomic E-state index is 11.7. The van der Waals surface area contributed by atoms with Crippen LogP contribution in [0, 0.1) is 0 Å². The average molecular weight is 245 g/mol. The summed E-state index contributed by atoms with van der Waals surface area (Å²) in [7, 11) is 0. The molecule has 1 fully saturated rings. The first-order valence-electron chi connectivity index (χ1n) is 6.17. The monoisotopic (exact) mass is 245 g/mol. The summed E-state index contributed by atoms with van der Waals surface area (Å²) in [6.45, 7) is 5.24. The summed E-state index contributed by atoms with van der Waals surface area (Å²) in [4.78, 5) is 17.0. The van der Waals surface area contributed by atoms with Gasteiger partial charge in [0, 0.05) is 0 Å². The third-order valence-electron chi connectivity index (χ3n) is 2.56. The second-order valence-electron chi connectivity index (χ2n) is 5.41. The second-order valence-corrected chi connectivity index (χ2v) is 5.41. The number of aliphatic hydroxyl groups is 1. The van der Waals surface area contributed by atoms with Crippen molar-refractivity contribution in [2.24, 2.45) is 0 Å². The summed E-state index contributed by atoms with van der Waals surface area (Å²) < 4.78 is 5.29. The number of nitrogens with one attached hydrogen (secondary N) is 1. The zero-order valence-electron chi connectivity index (χ0n) is 10.9. The van der Waals surface area contributed by atoms with E-state index in [0.717, 1.165) is 25.7 Å². The van der Waals surface area contributed by atoms with Crippen molar-refractivity contribution in [3.63, 3.8) is 0 Å². The van der Waals surface area contributed by atoms with Gasteiger partial charge in [-0.25, -0.2) is 0 Å². The van der Waals surface area contributed by atoms with Crippen molar-refractivity contribution in [3.05, 3.63) is 0 Å². The largest absolute Gasteiger partial charge is 0.461 e. The van der Waals surface area contributed by atoms with Crippen LogP contribution < -0.4 is 5.48 Å². The number of hydrogen-bond acceptors (Lipinski definition) is 5. The molecular weight excluding hydrogens is 222 g/mol. The van der Waals surface area contributed by atoms with Crippen molar-refractivity contribution < 1.29 is 19.5 Å². The Kier molecular flexibility index (Phi) is 5.36. The van der Waals surface area contributed by atoms with Crippen molar-refractivity contribution >= 4 is 5.97 Å². The lowest BCUT2D eigenvalue weighted by Crippen LogP contribution is -2.45. The van der Waals surface area contributed by atoms with Crippen LogP contribution in [0.2, 0.25) is 0 Å². The van der Waals surface area contributed by atoms with Crippen molar-refractivity contribution in [1.82, 2.24) is 5.48 Å². The summed E-state index contributed by atoms with van der Waals surface area (Å²) in [6.07, 6.45) is 4.06. The molecule has 0 spiro atoms. The Morgan fingerprint density at radius 2 is 2.00 bits per heavy atom. The first-order valence-corrected chi connectivity index (χ1v) is 6.17. The molecule has 100 valence electrons. The minimum Gasteiger partial charge on any atom is -0.461 e. The van der Waals surface area contributed by atoms with E-state index in [9.17, 15) is 4.79 Å². The van der Waals surface area contributed by atoms with Crippen molar-refractivity contribution in [2.75, 3.05) is 6.61 Å². The maximum atomic E-state index is 11.7. The van der Waals surface area contributed by atoms with Crippen molar-refractivity contribution in [2.45, 2.75) is 64.2 Å². The highest BCUT2D eigenvalue weighted by atomic mass is 16.7. The van der Waals surface area contributed by atoms with Crippen LogP contribution in [-0.2, 0) is 14.4 Å². The number of aliphatic hydroxyl groups excluding tert-OH is 1. The number of hydrogen-bond donors (Lipinski definition) is 2. The molecule has 0 unspecified atom stereocenters. The third kappa shape index (κ3) is 5.48. The van der Waals surface area contributed by atoms with Gasteiger partial charge in [-0.15, -0.1) is 0 Å². The molecule has 5 nitrogen and oxygen atoms in total. The van der Waals surface area contributed by atoms with Crippen LogP contribution in [0.25, 0.3) is 0 Å². The molecule has 0 aromatic carbocycles. The fraction of sp³-hybridized carbons (Fsp3) is 0.917. The van der Waals surface area contributed by atoms with E-state index >= 15 is 0 Å². The summed E-state index contributed by atoms with van der Waals surface area (Å²) >= 11 is 0. The SMILES string of the molecule is CC(C)(C)ON[C@@H](CO)C(=O)OC1CCCC1. The lowest BCUT2D eigenvalue weighted by atomic mass is 10.2. The summed E-state index contributed by atoms with van der Waals surface area (Å²) in [5.41, 5.74) is 2.14. The number of hydroxylamine groups is 1. The zero-order chi connectivity index (χ0) is 12.9. The first kappa shape index (κ1) is 14.4.